The van der Waals surface area contributed by atoms with Crippen molar-refractivity contribution in [2.45, 2.75) is 17.5 Å². The Balaban J connectivity index is 1.48. The highest BCUT2D eigenvalue weighted by molar-refractivity contribution is 7.98. The average Bonchev–Trinajstić information content (AvgIpc) is 3.26. The van der Waals surface area contributed by atoms with Gasteiger partial charge in [0.15, 0.2) is 11.0 Å². The number of halogens is 1. The molecule has 0 aliphatic heterocycles. The standard InChI is InChI=1S/C26H26ClN5OS/c1-31(16-4-5-20-8-10-24(33-2)11-9-20)18-25-29-30-26(34-19-21-12-14-28-15-13-21)32(25)23-7-3-6-22(27)17-23/h3-15,17H,16,18-19H2,1-2H3/b5-4+. The van der Waals surface area contributed by atoms with Gasteiger partial charge < -0.3 is 4.74 Å². The van der Waals surface area contributed by atoms with Crippen molar-refractivity contribution in [1.82, 2.24) is 24.6 Å². The molecular formula is C26H26ClN5OS. The number of methoxy groups -OCH3 is 1. The molecule has 8 heteroatoms. The van der Waals surface area contributed by atoms with Crippen LogP contribution in [0.2, 0.25) is 5.02 Å². The lowest BCUT2D eigenvalue weighted by atomic mass is 10.2. The molecule has 0 unspecified atom stereocenters. The fourth-order valence-electron chi connectivity index (χ4n) is 3.39. The fraction of sp³-hybridized carbons (Fsp3) is 0.192. The molecular weight excluding hydrogens is 466 g/mol. The van der Waals surface area contributed by atoms with E-state index in [-0.39, 0.29) is 0 Å². The monoisotopic (exact) mass is 491 g/mol. The Labute approximate surface area is 209 Å². The van der Waals surface area contributed by atoms with Crippen LogP contribution in [0.25, 0.3) is 11.8 Å². The van der Waals surface area contributed by atoms with E-state index in [0.29, 0.717) is 11.6 Å². The van der Waals surface area contributed by atoms with Crippen LogP contribution in [0.5, 0.6) is 5.75 Å². The number of nitrogens with zero attached hydrogens (tertiary/aromatic N) is 5. The summed E-state index contributed by atoms with van der Waals surface area (Å²) < 4.78 is 7.30. The van der Waals surface area contributed by atoms with Crippen LogP contribution in [-0.4, -0.2) is 45.4 Å². The molecule has 0 aliphatic carbocycles. The van der Waals surface area contributed by atoms with Gasteiger partial charge in [-0.25, -0.2) is 0 Å². The zero-order valence-electron chi connectivity index (χ0n) is 19.1. The van der Waals surface area contributed by atoms with E-state index in [2.05, 4.69) is 43.8 Å². The van der Waals surface area contributed by atoms with Crippen molar-refractivity contribution >= 4 is 29.4 Å². The van der Waals surface area contributed by atoms with Crippen LogP contribution in [0.1, 0.15) is 17.0 Å². The zero-order chi connectivity index (χ0) is 23.8. The molecule has 0 saturated carbocycles. The largest absolute Gasteiger partial charge is 0.497 e. The van der Waals surface area contributed by atoms with Crippen molar-refractivity contribution in [3.8, 4) is 11.4 Å². The van der Waals surface area contributed by atoms with E-state index in [0.717, 1.165) is 40.3 Å². The summed E-state index contributed by atoms with van der Waals surface area (Å²) in [5.41, 5.74) is 3.26. The molecule has 174 valence electrons. The maximum Gasteiger partial charge on any atom is 0.196 e. The summed E-state index contributed by atoms with van der Waals surface area (Å²) in [5, 5.41) is 10.5. The number of hydrogen-bond acceptors (Lipinski definition) is 6. The van der Waals surface area contributed by atoms with E-state index in [1.807, 2.05) is 60.7 Å². The van der Waals surface area contributed by atoms with Gasteiger partial charge in [0.2, 0.25) is 0 Å². The van der Waals surface area contributed by atoms with Crippen LogP contribution in [0.3, 0.4) is 0 Å². The van der Waals surface area contributed by atoms with Gasteiger partial charge in [-0.15, -0.1) is 10.2 Å². The number of hydrogen-bond donors (Lipinski definition) is 0. The molecule has 0 saturated heterocycles. The van der Waals surface area contributed by atoms with Crippen LogP contribution >= 0.6 is 23.4 Å². The van der Waals surface area contributed by atoms with E-state index in [1.54, 1.807) is 31.3 Å². The third kappa shape index (κ3) is 6.47. The Morgan fingerprint density at radius 1 is 1.06 bits per heavy atom. The summed E-state index contributed by atoms with van der Waals surface area (Å²) in [6, 6.07) is 19.8. The Hall–Kier alpha value is -3.13. The molecule has 6 nitrogen and oxygen atoms in total. The lowest BCUT2D eigenvalue weighted by Gasteiger charge is -2.16. The molecule has 0 amide bonds. The van der Waals surface area contributed by atoms with Gasteiger partial charge in [0.05, 0.1) is 19.3 Å². The first-order chi connectivity index (χ1) is 16.6. The summed E-state index contributed by atoms with van der Waals surface area (Å²) in [6.45, 7) is 1.41. The zero-order valence-corrected chi connectivity index (χ0v) is 20.7. The number of pyridine rings is 1. The molecule has 0 aliphatic rings. The van der Waals surface area contributed by atoms with Gasteiger partial charge in [-0.3, -0.25) is 14.5 Å². The first-order valence-electron chi connectivity index (χ1n) is 10.8. The van der Waals surface area contributed by atoms with Crippen molar-refractivity contribution in [2.24, 2.45) is 0 Å². The molecule has 0 spiro atoms. The number of thioether (sulfide) groups is 1. The first kappa shape index (κ1) is 24.0. The second-order valence-corrected chi connectivity index (χ2v) is 9.11. The smallest absolute Gasteiger partial charge is 0.196 e. The summed E-state index contributed by atoms with van der Waals surface area (Å²) in [6.07, 6.45) is 7.85. The Morgan fingerprint density at radius 2 is 1.85 bits per heavy atom. The molecule has 0 radical (unpaired) electrons. The molecule has 0 bridgehead atoms. The highest BCUT2D eigenvalue weighted by Gasteiger charge is 2.16. The average molecular weight is 492 g/mol. The minimum atomic E-state index is 0.641. The van der Waals surface area contributed by atoms with E-state index in [4.69, 9.17) is 16.3 Å². The normalized spacial score (nSPS) is 11.4. The topological polar surface area (TPSA) is 56.1 Å². The minimum absolute atomic E-state index is 0.641. The molecule has 2 aromatic heterocycles. The third-order valence-corrected chi connectivity index (χ3v) is 6.37. The third-order valence-electron chi connectivity index (χ3n) is 5.14. The molecule has 4 aromatic rings. The van der Waals surface area contributed by atoms with E-state index in [1.165, 1.54) is 5.56 Å². The number of rotatable bonds is 10. The quantitative estimate of drug-likeness (QED) is 0.263. The maximum absolute atomic E-state index is 6.30. The molecule has 0 N–H and O–H groups in total. The lowest BCUT2D eigenvalue weighted by Crippen LogP contribution is -2.20. The Morgan fingerprint density at radius 3 is 2.59 bits per heavy atom. The van der Waals surface area contributed by atoms with Gasteiger partial charge >= 0.3 is 0 Å². The van der Waals surface area contributed by atoms with Gasteiger partial charge in [0.1, 0.15) is 5.75 Å². The van der Waals surface area contributed by atoms with Crippen molar-refractivity contribution in [2.75, 3.05) is 20.7 Å². The highest BCUT2D eigenvalue weighted by atomic mass is 35.5. The SMILES string of the molecule is COc1ccc(/C=C/CN(C)Cc2nnc(SCc3ccncc3)n2-c2cccc(Cl)c2)cc1. The van der Waals surface area contributed by atoms with Crippen LogP contribution in [0.4, 0.5) is 0 Å². The molecule has 0 atom stereocenters. The Kier molecular flexibility index (Phi) is 8.36. The summed E-state index contributed by atoms with van der Waals surface area (Å²) in [5.74, 6) is 2.49. The minimum Gasteiger partial charge on any atom is -0.497 e. The molecule has 2 aromatic carbocycles. The first-order valence-corrected chi connectivity index (χ1v) is 12.2. The van der Waals surface area contributed by atoms with Gasteiger partial charge in [0.25, 0.3) is 0 Å². The van der Waals surface area contributed by atoms with Gasteiger partial charge in [-0.1, -0.05) is 53.7 Å². The summed E-state index contributed by atoms with van der Waals surface area (Å²) in [7, 11) is 3.74. The number of ether oxygens (including phenoxy) is 1. The van der Waals surface area contributed by atoms with Crippen molar-refractivity contribution in [3.63, 3.8) is 0 Å². The maximum atomic E-state index is 6.30. The number of benzene rings is 2. The predicted octanol–water partition coefficient (Wildman–Crippen LogP) is 5.76. The molecule has 2 heterocycles. The van der Waals surface area contributed by atoms with E-state index in [9.17, 15) is 0 Å². The second-order valence-electron chi connectivity index (χ2n) is 7.73. The highest BCUT2D eigenvalue weighted by Crippen LogP contribution is 2.27. The predicted molar refractivity (Wildman–Crippen MR) is 139 cm³/mol. The fourth-order valence-corrected chi connectivity index (χ4v) is 4.50. The molecule has 4 rings (SSSR count). The number of aromatic nitrogens is 4. The van der Waals surface area contributed by atoms with Crippen LogP contribution < -0.4 is 4.74 Å². The van der Waals surface area contributed by atoms with Gasteiger partial charge in [-0.05, 0) is 60.6 Å². The van der Waals surface area contributed by atoms with Crippen LogP contribution in [0, 0.1) is 0 Å². The van der Waals surface area contributed by atoms with Crippen molar-refractivity contribution in [3.05, 3.63) is 101 Å². The Bertz CT molecular complexity index is 1230. The van der Waals surface area contributed by atoms with E-state index >= 15 is 0 Å². The van der Waals surface area contributed by atoms with Crippen molar-refractivity contribution in [1.29, 1.82) is 0 Å². The van der Waals surface area contributed by atoms with Gasteiger partial charge in [-0.2, -0.15) is 0 Å². The second kappa shape index (κ2) is 11.8. The van der Waals surface area contributed by atoms with Gasteiger partial charge in [0, 0.05) is 29.7 Å². The summed E-state index contributed by atoms with van der Waals surface area (Å²) in [4.78, 5) is 6.29. The van der Waals surface area contributed by atoms with E-state index < -0.39 is 0 Å². The van der Waals surface area contributed by atoms with Crippen LogP contribution in [-0.2, 0) is 12.3 Å². The summed E-state index contributed by atoms with van der Waals surface area (Å²) >= 11 is 7.94. The van der Waals surface area contributed by atoms with Crippen LogP contribution in [0.15, 0.2) is 84.3 Å². The lowest BCUT2D eigenvalue weighted by molar-refractivity contribution is 0.350. The molecule has 0 fully saturated rings. The van der Waals surface area contributed by atoms with Crippen molar-refractivity contribution < 1.29 is 4.74 Å². The molecule has 34 heavy (non-hydrogen) atoms. The number of likely N-dealkylation sites (N-methyl/N-ethyl adjacent to an activating group) is 1.